The lowest BCUT2D eigenvalue weighted by Gasteiger charge is -2.07. The Morgan fingerprint density at radius 2 is 1.74 bits per heavy atom. The number of rotatable bonds is 4. The third-order valence-electron chi connectivity index (χ3n) is 2.31. The highest BCUT2D eigenvalue weighted by Crippen LogP contribution is 2.16. The Morgan fingerprint density at radius 1 is 1.11 bits per heavy atom. The first-order valence-corrected chi connectivity index (χ1v) is 6.74. The van der Waals surface area contributed by atoms with Gasteiger partial charge in [-0.3, -0.25) is 4.79 Å². The van der Waals surface area contributed by atoms with Crippen LogP contribution in [0.25, 0.3) is 0 Å². The van der Waals surface area contributed by atoms with Crippen molar-refractivity contribution in [3.63, 3.8) is 0 Å². The quantitative estimate of drug-likeness (QED) is 0.909. The normalized spacial score (nSPS) is 10.0. The van der Waals surface area contributed by atoms with Crippen molar-refractivity contribution in [2.45, 2.75) is 0 Å². The number of nitrogens with one attached hydrogen (secondary N) is 1. The Hall–Kier alpha value is -1.52. The monoisotopic (exact) mass is 339 g/mol. The number of halogens is 2. The molecule has 0 aliphatic carbocycles. The Balaban J connectivity index is 1.84. The van der Waals surface area contributed by atoms with Crippen molar-refractivity contribution in [3.8, 4) is 5.75 Å². The van der Waals surface area contributed by atoms with Gasteiger partial charge in [-0.05, 0) is 48.5 Å². The van der Waals surface area contributed by atoms with E-state index in [9.17, 15) is 4.79 Å². The number of ether oxygens (including phenoxy) is 1. The predicted octanol–water partition coefficient (Wildman–Crippen LogP) is 4.12. The van der Waals surface area contributed by atoms with Gasteiger partial charge < -0.3 is 10.1 Å². The molecule has 0 saturated carbocycles. The van der Waals surface area contributed by atoms with Gasteiger partial charge in [-0.25, -0.2) is 0 Å². The maximum absolute atomic E-state index is 11.7. The summed E-state index contributed by atoms with van der Waals surface area (Å²) in [5.74, 6) is 0.396. The first-order valence-electron chi connectivity index (χ1n) is 5.57. The SMILES string of the molecule is O=C(COc1ccc(Cl)cc1)Nc1ccc(Br)cc1. The average molecular weight is 341 g/mol. The van der Waals surface area contributed by atoms with E-state index in [1.54, 1.807) is 24.3 Å². The van der Waals surface area contributed by atoms with Crippen LogP contribution in [0, 0.1) is 0 Å². The molecule has 5 heteroatoms. The van der Waals surface area contributed by atoms with E-state index >= 15 is 0 Å². The summed E-state index contributed by atoms with van der Waals surface area (Å²) in [6.07, 6.45) is 0. The molecule has 3 nitrogen and oxygen atoms in total. The average Bonchev–Trinajstić information content (AvgIpc) is 2.41. The molecular weight excluding hydrogens is 330 g/mol. The van der Waals surface area contributed by atoms with Crippen molar-refractivity contribution in [1.82, 2.24) is 0 Å². The summed E-state index contributed by atoms with van der Waals surface area (Å²) in [5, 5.41) is 3.37. The van der Waals surface area contributed by atoms with Gasteiger partial charge in [0.15, 0.2) is 6.61 Å². The summed E-state index contributed by atoms with van der Waals surface area (Å²) in [4.78, 5) is 11.7. The van der Waals surface area contributed by atoms with Gasteiger partial charge in [0.2, 0.25) is 0 Å². The topological polar surface area (TPSA) is 38.3 Å². The number of carbonyl (C=O) groups excluding carboxylic acids is 1. The summed E-state index contributed by atoms with van der Waals surface area (Å²) in [6.45, 7) is -0.0440. The molecule has 1 amide bonds. The fourth-order valence-corrected chi connectivity index (χ4v) is 1.80. The van der Waals surface area contributed by atoms with Gasteiger partial charge in [0.25, 0.3) is 5.91 Å². The van der Waals surface area contributed by atoms with E-state index in [0.29, 0.717) is 10.8 Å². The van der Waals surface area contributed by atoms with Crippen LogP contribution in [0.15, 0.2) is 53.0 Å². The number of carbonyl (C=O) groups is 1. The maximum atomic E-state index is 11.7. The maximum Gasteiger partial charge on any atom is 0.262 e. The molecule has 0 heterocycles. The Morgan fingerprint density at radius 3 is 2.37 bits per heavy atom. The first-order chi connectivity index (χ1) is 9.13. The van der Waals surface area contributed by atoms with Crippen LogP contribution in [0.5, 0.6) is 5.75 Å². The summed E-state index contributed by atoms with van der Waals surface area (Å²) >= 11 is 9.09. The first kappa shape index (κ1) is 13.9. The molecule has 0 aliphatic heterocycles. The van der Waals surface area contributed by atoms with Gasteiger partial charge in [-0.2, -0.15) is 0 Å². The van der Waals surface area contributed by atoms with E-state index in [1.165, 1.54) is 0 Å². The number of benzene rings is 2. The predicted molar refractivity (Wildman–Crippen MR) is 79.7 cm³/mol. The van der Waals surface area contributed by atoms with Gasteiger partial charge >= 0.3 is 0 Å². The molecule has 1 N–H and O–H groups in total. The lowest BCUT2D eigenvalue weighted by atomic mass is 10.3. The summed E-state index contributed by atoms with van der Waals surface area (Å²) < 4.78 is 6.30. The van der Waals surface area contributed by atoms with E-state index in [4.69, 9.17) is 16.3 Å². The Labute approximate surface area is 124 Å². The van der Waals surface area contributed by atoms with Crippen LogP contribution in [0.3, 0.4) is 0 Å². The van der Waals surface area contributed by atoms with Crippen molar-refractivity contribution < 1.29 is 9.53 Å². The molecule has 0 fully saturated rings. The molecule has 98 valence electrons. The van der Waals surface area contributed by atoms with E-state index in [0.717, 1.165) is 10.2 Å². The molecular formula is C14H11BrClNO2. The third-order valence-corrected chi connectivity index (χ3v) is 3.09. The van der Waals surface area contributed by atoms with Gasteiger partial charge in [0, 0.05) is 15.2 Å². The van der Waals surface area contributed by atoms with E-state index in [-0.39, 0.29) is 12.5 Å². The highest BCUT2D eigenvalue weighted by Gasteiger charge is 2.03. The standard InChI is InChI=1S/C14H11BrClNO2/c15-10-1-5-12(6-2-10)17-14(18)9-19-13-7-3-11(16)4-8-13/h1-8H,9H2,(H,17,18). The lowest BCUT2D eigenvalue weighted by Crippen LogP contribution is -2.20. The van der Waals surface area contributed by atoms with Crippen LogP contribution in [0.2, 0.25) is 5.02 Å². The molecule has 0 radical (unpaired) electrons. The van der Waals surface area contributed by atoms with Gasteiger partial charge in [-0.1, -0.05) is 27.5 Å². The molecule has 19 heavy (non-hydrogen) atoms. The summed E-state index contributed by atoms with van der Waals surface area (Å²) in [6, 6.07) is 14.2. The third kappa shape index (κ3) is 4.58. The van der Waals surface area contributed by atoms with Crippen molar-refractivity contribution in [3.05, 3.63) is 58.0 Å². The van der Waals surface area contributed by atoms with Gasteiger partial charge in [-0.15, -0.1) is 0 Å². The van der Waals surface area contributed by atoms with Crippen LogP contribution in [0.1, 0.15) is 0 Å². The van der Waals surface area contributed by atoms with Crippen LogP contribution < -0.4 is 10.1 Å². The molecule has 2 aromatic carbocycles. The lowest BCUT2D eigenvalue weighted by molar-refractivity contribution is -0.118. The molecule has 0 saturated heterocycles. The Kier molecular flexibility index (Phi) is 4.82. The van der Waals surface area contributed by atoms with Crippen LogP contribution >= 0.6 is 27.5 Å². The van der Waals surface area contributed by atoms with Crippen molar-refractivity contribution in [1.29, 1.82) is 0 Å². The zero-order valence-electron chi connectivity index (χ0n) is 9.90. The largest absolute Gasteiger partial charge is 0.484 e. The minimum Gasteiger partial charge on any atom is -0.484 e. The summed E-state index contributed by atoms with van der Waals surface area (Å²) in [5.41, 5.74) is 0.730. The van der Waals surface area contributed by atoms with E-state index in [1.807, 2.05) is 24.3 Å². The van der Waals surface area contributed by atoms with Crippen molar-refractivity contribution in [2.24, 2.45) is 0 Å². The molecule has 0 spiro atoms. The smallest absolute Gasteiger partial charge is 0.262 e. The van der Waals surface area contributed by atoms with Gasteiger partial charge in [0.1, 0.15) is 5.75 Å². The molecule has 2 rings (SSSR count). The minimum atomic E-state index is -0.211. The fraction of sp³-hybridized carbons (Fsp3) is 0.0714. The van der Waals surface area contributed by atoms with Gasteiger partial charge in [0.05, 0.1) is 0 Å². The molecule has 2 aromatic rings. The molecule has 0 aromatic heterocycles. The second-order valence-electron chi connectivity index (χ2n) is 3.80. The molecule has 0 aliphatic rings. The Bertz CT molecular complexity index is 555. The molecule has 0 atom stereocenters. The highest BCUT2D eigenvalue weighted by atomic mass is 79.9. The van der Waals surface area contributed by atoms with Crippen LogP contribution in [0.4, 0.5) is 5.69 Å². The number of anilines is 1. The zero-order chi connectivity index (χ0) is 13.7. The molecule has 0 unspecified atom stereocenters. The minimum absolute atomic E-state index is 0.0440. The fourth-order valence-electron chi connectivity index (χ4n) is 1.41. The summed E-state index contributed by atoms with van der Waals surface area (Å²) in [7, 11) is 0. The van der Waals surface area contributed by atoms with E-state index in [2.05, 4.69) is 21.2 Å². The van der Waals surface area contributed by atoms with E-state index < -0.39 is 0 Å². The van der Waals surface area contributed by atoms with Crippen molar-refractivity contribution >= 4 is 39.1 Å². The second kappa shape index (κ2) is 6.59. The zero-order valence-corrected chi connectivity index (χ0v) is 12.2. The molecule has 0 bridgehead atoms. The number of amides is 1. The number of hydrogen-bond donors (Lipinski definition) is 1. The van der Waals surface area contributed by atoms with Crippen LogP contribution in [-0.2, 0) is 4.79 Å². The van der Waals surface area contributed by atoms with Crippen molar-refractivity contribution in [2.75, 3.05) is 11.9 Å². The highest BCUT2D eigenvalue weighted by molar-refractivity contribution is 9.10. The van der Waals surface area contributed by atoms with Crippen LogP contribution in [-0.4, -0.2) is 12.5 Å². The number of hydrogen-bond acceptors (Lipinski definition) is 2. The second-order valence-corrected chi connectivity index (χ2v) is 5.15.